The summed E-state index contributed by atoms with van der Waals surface area (Å²) in [5.74, 6) is 0. The van der Waals surface area contributed by atoms with Gasteiger partial charge in [-0.05, 0) is 320 Å². The van der Waals surface area contributed by atoms with Crippen LogP contribution in [0.3, 0.4) is 0 Å². The first-order valence-corrected chi connectivity index (χ1v) is 49.3. The predicted octanol–water partition coefficient (Wildman–Crippen LogP) is 42.4. The monoisotopic (exact) mass is 1930 g/mol. The zero-order valence-electron chi connectivity index (χ0n) is 112. The second kappa shape index (κ2) is 38.9. The van der Waals surface area contributed by atoms with Crippen LogP contribution in [-0.2, 0) is 0 Å². The van der Waals surface area contributed by atoms with Gasteiger partial charge in [0.05, 0.1) is 43.9 Å². The van der Waals surface area contributed by atoms with E-state index in [1.54, 1.807) is 0 Å². The Morgan fingerprint density at radius 1 is 0.0933 bits per heavy atom. The van der Waals surface area contributed by atoms with Gasteiger partial charge < -0.3 is 0 Å². The summed E-state index contributed by atoms with van der Waals surface area (Å²) in [6.07, 6.45) is 0. The van der Waals surface area contributed by atoms with E-state index in [1.165, 1.54) is 0 Å². The highest BCUT2D eigenvalue weighted by molar-refractivity contribution is 6.28. The number of fused-ring (bicyclic) bond motifs is 15. The molecular weight excluding hydrogens is 1800 g/mol. The van der Waals surface area contributed by atoms with Crippen LogP contribution in [0.2, 0.25) is 0 Å². The summed E-state index contributed by atoms with van der Waals surface area (Å²) >= 11 is 0. The Morgan fingerprint density at radius 3 is 0.507 bits per heavy atom. The molecule has 0 aliphatic carbocycles. The minimum absolute atomic E-state index is 0.208. The molecule has 30 aromatic carbocycles. The summed E-state index contributed by atoms with van der Waals surface area (Å²) in [6.45, 7) is 0. The Bertz CT molecular complexity index is 12200. The molecule has 0 fully saturated rings. The van der Waals surface area contributed by atoms with Crippen molar-refractivity contribution in [2.75, 3.05) is 0 Å². The average Bonchev–Trinajstić information content (AvgIpc) is 0.716. The van der Waals surface area contributed by atoms with Crippen molar-refractivity contribution in [3.63, 3.8) is 0 Å². The van der Waals surface area contributed by atoms with Gasteiger partial charge in [-0.2, -0.15) is 0 Å². The van der Waals surface area contributed by atoms with E-state index in [2.05, 4.69) is 24.3 Å². The molecule has 0 aliphatic heterocycles. The number of rotatable bonds is 11. The molecule has 0 spiro atoms. The quantitative estimate of drug-likeness (QED) is 0.113. The van der Waals surface area contributed by atoms with Crippen LogP contribution in [-0.4, -0.2) is 0 Å². The van der Waals surface area contributed by atoms with Gasteiger partial charge in [0.2, 0.25) is 0 Å². The van der Waals surface area contributed by atoms with E-state index in [0.29, 0.717) is 89.0 Å². The normalized spacial score (nSPS) is 14.5. The Kier molecular flexibility index (Phi) is 16.0. The first-order chi connectivity index (χ1) is 87.7. The Balaban J connectivity index is 0.000000113. The molecule has 0 nitrogen and oxygen atoms in total. The maximum Gasteiger partial charge on any atom is 0.0629 e. The van der Waals surface area contributed by atoms with Crippen molar-refractivity contribution in [1.82, 2.24) is 0 Å². The first-order valence-electron chi connectivity index (χ1n) is 65.3. The molecule has 0 heterocycles. The highest BCUT2D eigenvalue weighted by atomic mass is 14.3. The van der Waals surface area contributed by atoms with Crippen LogP contribution in [0, 0.1) is 0 Å². The van der Waals surface area contributed by atoms with Crippen LogP contribution in [0.5, 0.6) is 0 Å². The standard InChI is InChI=1S/2C40H26.C36H24.C34H22/c1-3-11-31-25-33(23-19-27(31)9-1)29-17-21-30(22-18-29)39-35-13-5-7-15-37(35)40(38-16-8-6-14-36(38)39)34-24-20-28-10-2-4-12-32(28)26-34;1-2-13-28(14-3-1)31-24-25-38(33-17-7-6-16-32(31)33)40-36-20-10-8-18-34(36)39(35-19-9-11-21-37(35)40)30-23-22-27-12-4-5-15-29(27)26-30;1-2-10-25(11-3-1)27-18-21-28(22-19-27)35-31-14-6-8-16-33(31)36(34-17-9-7-15-32(34)35)30-23-20-26-12-4-5-13-29(26)24-30;1-3-11-25-21-27(19-17-23(25)9-1)33-29-13-5-7-15-31(29)34(32-16-8-6-14-30(32)33)28-20-18-24-10-2-4-12-26(24)22-28/h2*1-26H;1-24H;1-22H/i5D,6D,7D,8D,13D,14D,15D,16D;8D,9D,10D,11D,18D,19D,20D,21D;6D,7D,8D,9D,14D,15D,16D,17D;5D,6D,7D,8D,13D,14D,15D,16D. The second-order valence-electron chi connectivity index (χ2n) is 37.0. The van der Waals surface area contributed by atoms with E-state index >= 15 is 0 Å². The van der Waals surface area contributed by atoms with Gasteiger partial charge >= 0.3 is 0 Å². The summed E-state index contributed by atoms with van der Waals surface area (Å²) in [5.41, 5.74) is 13.4. The summed E-state index contributed by atoms with van der Waals surface area (Å²) in [4.78, 5) is 0. The lowest BCUT2D eigenvalue weighted by atomic mass is 9.83. The summed E-state index contributed by atoms with van der Waals surface area (Å²) in [7, 11) is 0. The molecule has 0 N–H and O–H groups in total. The minimum Gasteiger partial charge on any atom is -0.0622 e. The Labute approximate surface area is 916 Å². The fourth-order valence-corrected chi connectivity index (χ4v) is 21.6. The molecule has 0 heteroatoms. The molecule has 0 unspecified atom stereocenters. The summed E-state index contributed by atoms with van der Waals surface area (Å²) in [5, 5.41) is 16.7. The van der Waals surface area contributed by atoms with Gasteiger partial charge in [-0.15, -0.1) is 0 Å². The molecule has 0 saturated carbocycles. The number of hydrogen-bond acceptors (Lipinski definition) is 0. The first kappa shape index (κ1) is 61.6. The molecule has 0 aliphatic rings. The largest absolute Gasteiger partial charge is 0.0629 e. The molecule has 0 aromatic heterocycles. The molecular formula is C150H98. The van der Waals surface area contributed by atoms with E-state index in [1.807, 2.05) is 376 Å². The third kappa shape index (κ3) is 16.4. The van der Waals surface area contributed by atoms with Crippen molar-refractivity contribution >= 4 is 162 Å². The number of hydrogen-bond donors (Lipinski definition) is 0. The highest BCUT2D eigenvalue weighted by Gasteiger charge is 2.25. The van der Waals surface area contributed by atoms with Crippen LogP contribution in [0.15, 0.2) is 594 Å². The highest BCUT2D eigenvalue weighted by Crippen LogP contribution is 2.52. The fourth-order valence-electron chi connectivity index (χ4n) is 21.6. The van der Waals surface area contributed by atoms with E-state index in [0.717, 1.165) is 109 Å². The molecule has 698 valence electrons. The van der Waals surface area contributed by atoms with Gasteiger partial charge in [0, 0.05) is 0 Å². The topological polar surface area (TPSA) is 0 Å². The van der Waals surface area contributed by atoms with Crippen LogP contribution in [0.1, 0.15) is 43.9 Å². The van der Waals surface area contributed by atoms with Crippen LogP contribution < -0.4 is 0 Å². The third-order valence-corrected chi connectivity index (χ3v) is 28.5. The molecule has 0 atom stereocenters. The Hall–Kier alpha value is -19.5. The van der Waals surface area contributed by atoms with Gasteiger partial charge in [0.25, 0.3) is 0 Å². The summed E-state index contributed by atoms with van der Waals surface area (Å²) < 4.78 is 285. The lowest BCUT2D eigenvalue weighted by Crippen LogP contribution is -1.92. The predicted molar refractivity (Wildman–Crippen MR) is 648 cm³/mol. The van der Waals surface area contributed by atoms with Gasteiger partial charge in [-0.3, -0.25) is 0 Å². The van der Waals surface area contributed by atoms with Crippen molar-refractivity contribution in [3.05, 3.63) is 594 Å². The molecule has 150 heavy (non-hydrogen) atoms. The zero-order chi connectivity index (χ0) is 127. The molecule has 0 saturated heterocycles. The van der Waals surface area contributed by atoms with Gasteiger partial charge in [-0.25, -0.2) is 0 Å². The molecule has 0 radical (unpaired) electrons. The van der Waals surface area contributed by atoms with Crippen molar-refractivity contribution in [3.8, 4) is 122 Å². The van der Waals surface area contributed by atoms with Crippen molar-refractivity contribution in [2.24, 2.45) is 0 Å². The lowest BCUT2D eigenvalue weighted by Gasteiger charge is -2.20. The molecule has 30 aromatic rings. The SMILES string of the molecule is [2H]c1c([2H])c([2H])c2c(-c3ccc(-c4ccccc4)c4ccccc34)c3c([2H])c([2H])c([2H])c([2H])c3c(-c3ccc4ccccc4c3)c2c1[2H].[2H]c1c([2H])c([2H])c2c(-c3ccc4ccccc4c3)c3c([2H])c([2H])c([2H])c([2H])c3c(-c3ccc(-c4ccc5ccccc5c4)cc3)c2c1[2H].[2H]c1c([2H])c([2H])c2c(-c3ccc4ccccc4c3)c3c([2H])c([2H])c([2H])c([2H])c3c(-c3ccc(-c4ccccc4)cc3)c2c1[2H].[2H]c1c([2H])c([2H])c2c(-c3ccc4ccccc4c3)c3c([2H])c([2H])c([2H])c([2H])c3c(-c3ccc4ccccc4c3)c2c1[2H]. The smallest absolute Gasteiger partial charge is 0.0622 e. The maximum absolute atomic E-state index is 9.30. The average molecular weight is 1930 g/mol. The van der Waals surface area contributed by atoms with Gasteiger partial charge in [0.15, 0.2) is 0 Å². The minimum atomic E-state index is -0.413. The van der Waals surface area contributed by atoms with Crippen LogP contribution in [0.25, 0.3) is 284 Å². The van der Waals surface area contributed by atoms with Crippen LogP contribution in [0.4, 0.5) is 0 Å². The second-order valence-corrected chi connectivity index (χ2v) is 37.0. The molecule has 0 amide bonds. The third-order valence-electron chi connectivity index (χ3n) is 28.5. The van der Waals surface area contributed by atoms with E-state index < -0.39 is 96.7 Å². The van der Waals surface area contributed by atoms with Gasteiger partial charge in [0.1, 0.15) is 0 Å². The van der Waals surface area contributed by atoms with Crippen molar-refractivity contribution in [1.29, 1.82) is 0 Å². The van der Waals surface area contributed by atoms with Crippen molar-refractivity contribution in [2.45, 2.75) is 0 Å². The zero-order valence-corrected chi connectivity index (χ0v) is 80.1. The maximum atomic E-state index is 9.30. The van der Waals surface area contributed by atoms with E-state index in [4.69, 9.17) is 35.6 Å². The molecule has 30 rings (SSSR count). The molecule has 0 bridgehead atoms. The lowest BCUT2D eigenvalue weighted by molar-refractivity contribution is 1.61. The summed E-state index contributed by atoms with van der Waals surface area (Å²) in [6, 6.07) is 117. The Morgan fingerprint density at radius 2 is 0.253 bits per heavy atom. The number of benzene rings is 30. The van der Waals surface area contributed by atoms with Gasteiger partial charge in [-0.1, -0.05) is 557 Å². The van der Waals surface area contributed by atoms with Crippen molar-refractivity contribution < 1.29 is 43.9 Å². The van der Waals surface area contributed by atoms with Crippen LogP contribution >= 0.6 is 0 Å². The fraction of sp³-hybridized carbons (Fsp3) is 0. The van der Waals surface area contributed by atoms with E-state index in [9.17, 15) is 8.22 Å². The van der Waals surface area contributed by atoms with E-state index in [-0.39, 0.29) is 183 Å².